The molecule has 2 aromatic rings. The molecule has 1 aliphatic rings. The summed E-state index contributed by atoms with van der Waals surface area (Å²) < 4.78 is 84.6. The van der Waals surface area contributed by atoms with Gasteiger partial charge >= 0.3 is 6.36 Å². The van der Waals surface area contributed by atoms with E-state index in [0.717, 1.165) is 17.7 Å². The number of fused-ring (bicyclic) bond motifs is 1. The summed E-state index contributed by atoms with van der Waals surface area (Å²) in [7, 11) is -3.97. The molecule has 0 bridgehead atoms. The molecule has 0 saturated heterocycles. The van der Waals surface area contributed by atoms with Crippen LogP contribution in [0.15, 0.2) is 46.4 Å². The predicted molar refractivity (Wildman–Crippen MR) is 91.2 cm³/mol. The maximum absolute atomic E-state index is 14.3. The fourth-order valence-electron chi connectivity index (χ4n) is 2.50. The smallest absolute Gasteiger partial charge is 0.489 e. The first-order chi connectivity index (χ1) is 13.1. The van der Waals surface area contributed by atoms with Crippen LogP contribution in [0.3, 0.4) is 0 Å². The number of hydrogen-bond donors (Lipinski definition) is 1. The molecule has 3 rings (SSSR count). The molecule has 0 spiro atoms. The Morgan fingerprint density at radius 1 is 1.14 bits per heavy atom. The Balaban J connectivity index is 1.89. The molecule has 0 aliphatic carbocycles. The van der Waals surface area contributed by atoms with Crippen molar-refractivity contribution in [3.8, 4) is 11.5 Å². The molecular weight excluding hydrogens is 404 g/mol. The van der Waals surface area contributed by atoms with E-state index in [1.54, 1.807) is 19.1 Å². The van der Waals surface area contributed by atoms with Crippen molar-refractivity contribution in [1.82, 2.24) is 4.83 Å². The van der Waals surface area contributed by atoms with E-state index in [-0.39, 0.29) is 29.2 Å². The van der Waals surface area contributed by atoms with Crippen LogP contribution in [0.2, 0.25) is 0 Å². The summed E-state index contributed by atoms with van der Waals surface area (Å²) in [5.41, 5.74) is 1.02. The number of halogens is 4. The number of hydrazone groups is 1. The number of hydrogen-bond acceptors (Lipinski definition) is 5. The Kier molecular flexibility index (Phi) is 5.20. The second kappa shape index (κ2) is 7.30. The molecular formula is C17H14F4N2O4S. The van der Waals surface area contributed by atoms with Crippen molar-refractivity contribution in [2.75, 3.05) is 6.61 Å². The molecule has 0 fully saturated rings. The van der Waals surface area contributed by atoms with E-state index in [2.05, 4.69) is 9.84 Å². The molecule has 0 radical (unpaired) electrons. The highest BCUT2D eigenvalue weighted by atomic mass is 32.2. The fourth-order valence-corrected chi connectivity index (χ4v) is 3.33. The van der Waals surface area contributed by atoms with Gasteiger partial charge in [0.2, 0.25) is 5.82 Å². The van der Waals surface area contributed by atoms with E-state index in [1.807, 2.05) is 4.83 Å². The Morgan fingerprint density at radius 2 is 1.82 bits per heavy atom. The van der Waals surface area contributed by atoms with Crippen molar-refractivity contribution < 1.29 is 35.5 Å². The third-order valence-corrected chi connectivity index (χ3v) is 5.04. The molecule has 11 heteroatoms. The van der Waals surface area contributed by atoms with Crippen LogP contribution in [0.5, 0.6) is 11.5 Å². The van der Waals surface area contributed by atoms with Crippen molar-refractivity contribution in [3.63, 3.8) is 0 Å². The SMILES string of the molecule is Cc1ccc(S(=O)(=O)NN=C2CCOc3c2ccc(OC(F)(F)F)c3F)cc1. The quantitative estimate of drug-likeness (QED) is 0.609. The van der Waals surface area contributed by atoms with Crippen molar-refractivity contribution in [3.05, 3.63) is 53.3 Å². The Morgan fingerprint density at radius 3 is 2.46 bits per heavy atom. The number of nitrogens with zero attached hydrogens (tertiary/aromatic N) is 1. The van der Waals surface area contributed by atoms with Gasteiger partial charge in [0.1, 0.15) is 0 Å². The lowest BCUT2D eigenvalue weighted by Gasteiger charge is -2.21. The van der Waals surface area contributed by atoms with Gasteiger partial charge in [-0.25, -0.2) is 0 Å². The van der Waals surface area contributed by atoms with Crippen LogP contribution >= 0.6 is 0 Å². The average molecular weight is 418 g/mol. The third kappa shape index (κ3) is 4.35. The largest absolute Gasteiger partial charge is 0.573 e. The zero-order chi connectivity index (χ0) is 20.5. The maximum atomic E-state index is 14.3. The van der Waals surface area contributed by atoms with Gasteiger partial charge in [-0.05, 0) is 31.2 Å². The second-order valence-electron chi connectivity index (χ2n) is 5.87. The van der Waals surface area contributed by atoms with Crippen molar-refractivity contribution in [1.29, 1.82) is 0 Å². The molecule has 0 saturated carbocycles. The van der Waals surface area contributed by atoms with Crippen molar-refractivity contribution in [2.45, 2.75) is 24.6 Å². The minimum absolute atomic E-state index is 0.0187. The summed E-state index contributed by atoms with van der Waals surface area (Å²) in [4.78, 5) is 2.03. The molecule has 2 aromatic carbocycles. The molecule has 28 heavy (non-hydrogen) atoms. The van der Waals surface area contributed by atoms with Gasteiger partial charge in [-0.1, -0.05) is 17.7 Å². The summed E-state index contributed by atoms with van der Waals surface area (Å²) in [5, 5.41) is 3.81. The standard InChI is InChI=1S/C17H14F4N2O4S/c1-10-2-4-11(5-3-10)28(24,25)23-22-13-8-9-26-16-12(13)6-7-14(15(16)18)27-17(19,20)21/h2-7,23H,8-9H2,1H3. The average Bonchev–Trinajstić information content (AvgIpc) is 2.62. The van der Waals surface area contributed by atoms with Gasteiger partial charge in [-0.3, -0.25) is 0 Å². The first kappa shape index (κ1) is 19.9. The predicted octanol–water partition coefficient (Wildman–Crippen LogP) is 3.50. The number of rotatable bonds is 4. The topological polar surface area (TPSA) is 77.0 Å². The monoisotopic (exact) mass is 418 g/mol. The third-order valence-electron chi connectivity index (χ3n) is 3.82. The van der Waals surface area contributed by atoms with Crippen LogP contribution in [-0.2, 0) is 10.0 Å². The van der Waals surface area contributed by atoms with E-state index in [4.69, 9.17) is 4.74 Å². The van der Waals surface area contributed by atoms with E-state index in [0.29, 0.717) is 0 Å². The molecule has 0 unspecified atom stereocenters. The van der Waals surface area contributed by atoms with Gasteiger partial charge in [-0.15, -0.1) is 13.2 Å². The summed E-state index contributed by atoms with van der Waals surface area (Å²) in [6, 6.07) is 7.93. The zero-order valence-electron chi connectivity index (χ0n) is 14.4. The molecule has 1 heterocycles. The molecule has 0 atom stereocenters. The van der Waals surface area contributed by atoms with Gasteiger partial charge in [0.05, 0.1) is 17.2 Å². The van der Waals surface area contributed by atoms with E-state index in [9.17, 15) is 26.0 Å². The van der Waals surface area contributed by atoms with Crippen molar-refractivity contribution in [2.24, 2.45) is 5.10 Å². The first-order valence-electron chi connectivity index (χ1n) is 7.93. The lowest BCUT2D eigenvalue weighted by atomic mass is 10.0. The van der Waals surface area contributed by atoms with Crippen LogP contribution in [-0.4, -0.2) is 27.1 Å². The zero-order valence-corrected chi connectivity index (χ0v) is 15.2. The molecule has 0 amide bonds. The van der Waals surface area contributed by atoms with Gasteiger partial charge in [-0.2, -0.15) is 22.7 Å². The molecule has 1 aliphatic heterocycles. The summed E-state index contributed by atoms with van der Waals surface area (Å²) in [6.07, 6.45) is -4.94. The van der Waals surface area contributed by atoms with Crippen LogP contribution in [0.25, 0.3) is 0 Å². The normalized spacial score (nSPS) is 15.7. The second-order valence-corrected chi connectivity index (χ2v) is 7.53. The highest BCUT2D eigenvalue weighted by molar-refractivity contribution is 7.89. The number of sulfonamides is 1. The number of ether oxygens (including phenoxy) is 2. The highest BCUT2D eigenvalue weighted by Crippen LogP contribution is 2.36. The molecule has 0 aromatic heterocycles. The number of benzene rings is 2. The van der Waals surface area contributed by atoms with E-state index in [1.165, 1.54) is 12.1 Å². The summed E-state index contributed by atoms with van der Waals surface area (Å²) >= 11 is 0. The van der Waals surface area contributed by atoms with Crippen molar-refractivity contribution >= 4 is 15.7 Å². The van der Waals surface area contributed by atoms with Gasteiger partial charge in [0.15, 0.2) is 11.5 Å². The molecule has 150 valence electrons. The first-order valence-corrected chi connectivity index (χ1v) is 9.41. The number of nitrogens with one attached hydrogen (secondary N) is 1. The fraction of sp³-hybridized carbons (Fsp3) is 0.235. The number of aryl methyl sites for hydroxylation is 1. The number of alkyl halides is 3. The van der Waals surface area contributed by atoms with Crippen LogP contribution < -0.4 is 14.3 Å². The van der Waals surface area contributed by atoms with Crippen LogP contribution in [0.4, 0.5) is 17.6 Å². The maximum Gasteiger partial charge on any atom is 0.573 e. The van der Waals surface area contributed by atoms with E-state index >= 15 is 0 Å². The van der Waals surface area contributed by atoms with Gasteiger partial charge < -0.3 is 9.47 Å². The lowest BCUT2D eigenvalue weighted by Crippen LogP contribution is -2.25. The Labute approximate surface area is 157 Å². The minimum Gasteiger partial charge on any atom is -0.489 e. The lowest BCUT2D eigenvalue weighted by molar-refractivity contribution is -0.275. The minimum atomic E-state index is -5.07. The van der Waals surface area contributed by atoms with Gasteiger partial charge in [0.25, 0.3) is 10.0 Å². The van der Waals surface area contributed by atoms with E-state index < -0.39 is 33.7 Å². The highest BCUT2D eigenvalue weighted by Gasteiger charge is 2.34. The Hall–Kier alpha value is -2.82. The summed E-state index contributed by atoms with van der Waals surface area (Å²) in [6.45, 7) is 1.71. The molecule has 1 N–H and O–H groups in total. The van der Waals surface area contributed by atoms with Crippen LogP contribution in [0, 0.1) is 12.7 Å². The summed E-state index contributed by atoms with van der Waals surface area (Å²) in [5.74, 6) is -2.88. The Bertz CT molecular complexity index is 1020. The molecule has 6 nitrogen and oxygen atoms in total. The van der Waals surface area contributed by atoms with Crippen LogP contribution in [0.1, 0.15) is 17.5 Å². The van der Waals surface area contributed by atoms with Gasteiger partial charge in [0, 0.05) is 12.0 Å².